The van der Waals surface area contributed by atoms with Crippen LogP contribution in [-0.4, -0.2) is 31.5 Å². The molecule has 0 unspecified atom stereocenters. The van der Waals surface area contributed by atoms with E-state index in [1.807, 2.05) is 0 Å². The fourth-order valence-corrected chi connectivity index (χ4v) is 1.61. The summed E-state index contributed by atoms with van der Waals surface area (Å²) in [6.07, 6.45) is 4.82. The van der Waals surface area contributed by atoms with Gasteiger partial charge in [-0.2, -0.15) is 15.4 Å². The van der Waals surface area contributed by atoms with Crippen molar-refractivity contribution in [2.24, 2.45) is 0 Å². The number of carbonyl (C=O) groups excluding carboxylic acids is 1. The topological polar surface area (TPSA) is 110 Å². The number of rotatable bonds is 4. The molecule has 0 aliphatic carbocycles. The van der Waals surface area contributed by atoms with Gasteiger partial charge in [-0.1, -0.05) is 5.16 Å². The Bertz CT molecular complexity index is 692. The van der Waals surface area contributed by atoms with E-state index in [4.69, 9.17) is 4.52 Å². The van der Waals surface area contributed by atoms with Crippen molar-refractivity contribution in [2.45, 2.75) is 6.54 Å². The van der Waals surface area contributed by atoms with Crippen molar-refractivity contribution in [3.63, 3.8) is 0 Å². The Morgan fingerprint density at radius 2 is 2.20 bits per heavy atom. The number of aromatic amines is 1. The van der Waals surface area contributed by atoms with Crippen molar-refractivity contribution in [3.05, 3.63) is 48.2 Å². The summed E-state index contributed by atoms with van der Waals surface area (Å²) in [5, 5.41) is 16.4. The second-order valence-electron chi connectivity index (χ2n) is 3.96. The van der Waals surface area contributed by atoms with Gasteiger partial charge in [0.05, 0.1) is 12.7 Å². The smallest absolute Gasteiger partial charge is 0.273 e. The van der Waals surface area contributed by atoms with Crippen LogP contribution in [0.25, 0.3) is 11.3 Å². The molecule has 3 aromatic rings. The Morgan fingerprint density at radius 3 is 2.95 bits per heavy atom. The van der Waals surface area contributed by atoms with E-state index in [0.717, 1.165) is 5.56 Å². The van der Waals surface area contributed by atoms with Gasteiger partial charge >= 0.3 is 0 Å². The summed E-state index contributed by atoms with van der Waals surface area (Å²) in [6, 6.07) is 5.13. The fourth-order valence-electron chi connectivity index (χ4n) is 1.61. The maximum atomic E-state index is 11.9. The Labute approximate surface area is 113 Å². The summed E-state index contributed by atoms with van der Waals surface area (Å²) < 4.78 is 5.14. The molecule has 20 heavy (non-hydrogen) atoms. The number of pyridine rings is 1. The molecule has 100 valence electrons. The van der Waals surface area contributed by atoms with E-state index in [1.165, 1.54) is 6.20 Å². The third kappa shape index (κ3) is 2.53. The lowest BCUT2D eigenvalue weighted by atomic mass is 10.2. The molecule has 0 spiro atoms. The molecular formula is C12H10N6O2. The van der Waals surface area contributed by atoms with E-state index >= 15 is 0 Å². The van der Waals surface area contributed by atoms with Gasteiger partial charge < -0.3 is 9.84 Å². The number of hydrogen-bond acceptors (Lipinski definition) is 6. The zero-order chi connectivity index (χ0) is 13.8. The Balaban J connectivity index is 1.69. The molecule has 0 aromatic carbocycles. The van der Waals surface area contributed by atoms with Crippen LogP contribution in [0, 0.1) is 0 Å². The highest BCUT2D eigenvalue weighted by Gasteiger charge is 2.13. The number of nitrogens with zero attached hydrogens (tertiary/aromatic N) is 4. The summed E-state index contributed by atoms with van der Waals surface area (Å²) >= 11 is 0. The van der Waals surface area contributed by atoms with E-state index < -0.39 is 0 Å². The second kappa shape index (κ2) is 5.31. The van der Waals surface area contributed by atoms with Crippen LogP contribution in [0.2, 0.25) is 0 Å². The maximum absolute atomic E-state index is 11.9. The van der Waals surface area contributed by atoms with Gasteiger partial charge in [-0.3, -0.25) is 9.78 Å². The number of amides is 1. The number of H-pyrrole nitrogens is 1. The van der Waals surface area contributed by atoms with E-state index in [0.29, 0.717) is 11.5 Å². The summed E-state index contributed by atoms with van der Waals surface area (Å²) in [5.74, 6) is 0.177. The molecule has 3 aromatic heterocycles. The van der Waals surface area contributed by atoms with Gasteiger partial charge in [0.15, 0.2) is 11.5 Å². The van der Waals surface area contributed by atoms with Crippen molar-refractivity contribution < 1.29 is 9.32 Å². The monoisotopic (exact) mass is 270 g/mol. The van der Waals surface area contributed by atoms with Crippen molar-refractivity contribution in [3.8, 4) is 11.3 Å². The van der Waals surface area contributed by atoms with Crippen LogP contribution < -0.4 is 5.32 Å². The normalized spacial score (nSPS) is 10.4. The largest absolute Gasteiger partial charge is 0.355 e. The molecule has 0 aliphatic heterocycles. The number of aromatic nitrogens is 5. The first-order valence-corrected chi connectivity index (χ1v) is 5.83. The molecule has 0 aliphatic rings. The van der Waals surface area contributed by atoms with Crippen LogP contribution in [0.1, 0.15) is 16.2 Å². The van der Waals surface area contributed by atoms with E-state index in [2.05, 4.69) is 30.9 Å². The van der Waals surface area contributed by atoms with Crippen molar-refractivity contribution in [2.75, 3.05) is 0 Å². The minimum Gasteiger partial charge on any atom is -0.355 e. The van der Waals surface area contributed by atoms with Crippen LogP contribution in [0.15, 0.2) is 41.3 Å². The zero-order valence-electron chi connectivity index (χ0n) is 10.3. The second-order valence-corrected chi connectivity index (χ2v) is 3.96. The lowest BCUT2D eigenvalue weighted by Crippen LogP contribution is -2.23. The molecule has 0 fully saturated rings. The summed E-state index contributed by atoms with van der Waals surface area (Å²) in [6.45, 7) is 0.271. The van der Waals surface area contributed by atoms with Crippen LogP contribution in [0.4, 0.5) is 0 Å². The molecule has 8 heteroatoms. The molecule has 3 heterocycles. The van der Waals surface area contributed by atoms with Gasteiger partial charge in [0, 0.05) is 24.0 Å². The van der Waals surface area contributed by atoms with E-state index in [-0.39, 0.29) is 18.1 Å². The first kappa shape index (κ1) is 12.0. The van der Waals surface area contributed by atoms with Gasteiger partial charge in [-0.05, 0) is 12.1 Å². The molecule has 3 rings (SSSR count). The lowest BCUT2D eigenvalue weighted by molar-refractivity contribution is 0.0941. The zero-order valence-corrected chi connectivity index (χ0v) is 10.3. The molecule has 0 atom stereocenters. The van der Waals surface area contributed by atoms with Crippen LogP contribution in [-0.2, 0) is 6.54 Å². The van der Waals surface area contributed by atoms with Crippen LogP contribution >= 0.6 is 0 Å². The number of carbonyl (C=O) groups is 1. The Morgan fingerprint density at radius 1 is 1.35 bits per heavy atom. The van der Waals surface area contributed by atoms with Gasteiger partial charge in [0.25, 0.3) is 5.91 Å². The molecule has 2 N–H and O–H groups in total. The van der Waals surface area contributed by atoms with Crippen molar-refractivity contribution >= 4 is 5.91 Å². The van der Waals surface area contributed by atoms with Crippen LogP contribution in [0.5, 0.6) is 0 Å². The minimum atomic E-state index is -0.336. The van der Waals surface area contributed by atoms with Crippen molar-refractivity contribution in [1.29, 1.82) is 0 Å². The van der Waals surface area contributed by atoms with Gasteiger partial charge in [0.1, 0.15) is 5.69 Å². The van der Waals surface area contributed by atoms with E-state index in [9.17, 15) is 4.79 Å². The summed E-state index contributed by atoms with van der Waals surface area (Å²) in [7, 11) is 0. The molecule has 1 amide bonds. The average Bonchev–Trinajstić information content (AvgIpc) is 3.17. The third-order valence-electron chi connectivity index (χ3n) is 2.60. The van der Waals surface area contributed by atoms with Crippen molar-refractivity contribution in [1.82, 2.24) is 30.9 Å². The highest BCUT2D eigenvalue weighted by Crippen LogP contribution is 2.18. The molecule has 0 saturated carbocycles. The number of nitrogens with one attached hydrogen (secondary N) is 2. The standard InChI is InChI=1S/C12H10N6O2/c19-12(14-6-9-7-15-18-16-9)10-5-11(20-17-10)8-1-3-13-4-2-8/h1-5,7H,6H2,(H,14,19)(H,15,16,18). The highest BCUT2D eigenvalue weighted by molar-refractivity contribution is 5.92. The first-order valence-electron chi connectivity index (χ1n) is 5.83. The van der Waals surface area contributed by atoms with Crippen LogP contribution in [0.3, 0.4) is 0 Å². The summed E-state index contributed by atoms with van der Waals surface area (Å²) in [4.78, 5) is 15.8. The summed E-state index contributed by atoms with van der Waals surface area (Å²) in [5.41, 5.74) is 1.65. The fraction of sp³-hybridized carbons (Fsp3) is 0.0833. The Kier molecular flexibility index (Phi) is 3.19. The number of hydrogen-bond donors (Lipinski definition) is 2. The molecular weight excluding hydrogens is 260 g/mol. The molecule has 8 nitrogen and oxygen atoms in total. The van der Waals surface area contributed by atoms with Gasteiger partial charge in [-0.15, -0.1) is 0 Å². The predicted molar refractivity (Wildman–Crippen MR) is 67.3 cm³/mol. The first-order chi connectivity index (χ1) is 9.83. The lowest BCUT2D eigenvalue weighted by Gasteiger charge is -1.97. The van der Waals surface area contributed by atoms with Gasteiger partial charge in [0.2, 0.25) is 0 Å². The van der Waals surface area contributed by atoms with E-state index in [1.54, 1.807) is 30.6 Å². The third-order valence-corrected chi connectivity index (χ3v) is 2.60. The molecule has 0 radical (unpaired) electrons. The Hall–Kier alpha value is -3.03. The highest BCUT2D eigenvalue weighted by atomic mass is 16.5. The average molecular weight is 270 g/mol. The molecule has 0 saturated heterocycles. The quantitative estimate of drug-likeness (QED) is 0.725. The predicted octanol–water partition coefficient (Wildman–Crippen LogP) is 0.785. The minimum absolute atomic E-state index is 0.209. The SMILES string of the molecule is O=C(NCc1cn[nH]n1)c1cc(-c2ccncc2)on1. The maximum Gasteiger partial charge on any atom is 0.273 e. The molecule has 0 bridgehead atoms. The van der Waals surface area contributed by atoms with Gasteiger partial charge in [-0.25, -0.2) is 0 Å².